The molecule has 0 aliphatic rings. The highest BCUT2D eigenvalue weighted by molar-refractivity contribution is 7.71. The Kier molecular flexibility index (Phi) is 3.79. The number of rotatable bonds is 2. The van der Waals surface area contributed by atoms with Crippen molar-refractivity contribution in [2.45, 2.75) is 6.18 Å². The maximum absolute atomic E-state index is 12.8. The number of aromatic nitrogens is 3. The Labute approximate surface area is 115 Å². The van der Waals surface area contributed by atoms with Crippen molar-refractivity contribution in [2.24, 2.45) is 5.10 Å². The number of nitrogens with zero attached hydrogens (tertiary/aromatic N) is 3. The molecule has 5 nitrogen and oxygen atoms in total. The molecule has 0 unspecified atom stereocenters. The standard InChI is InChI=1S/C11H7F3N4OS/c12-11(13,14)8-4-2-1-3-7(8)5-16-18-9(19)6-15-17-10(18)20/h1-6H,(H,17,20)/b16-5-. The van der Waals surface area contributed by atoms with Gasteiger partial charge in [-0.25, -0.2) is 0 Å². The molecule has 104 valence electrons. The third-order valence-electron chi connectivity index (χ3n) is 2.31. The van der Waals surface area contributed by atoms with Crippen molar-refractivity contribution in [1.29, 1.82) is 0 Å². The van der Waals surface area contributed by atoms with Crippen molar-refractivity contribution in [3.8, 4) is 0 Å². The Morgan fingerprint density at radius 2 is 2.05 bits per heavy atom. The normalized spacial score (nSPS) is 11.9. The minimum absolute atomic E-state index is 0.113. The van der Waals surface area contributed by atoms with Crippen molar-refractivity contribution >= 4 is 18.4 Å². The van der Waals surface area contributed by atoms with Gasteiger partial charge in [-0.3, -0.25) is 9.89 Å². The van der Waals surface area contributed by atoms with E-state index >= 15 is 0 Å². The third-order valence-corrected chi connectivity index (χ3v) is 2.58. The van der Waals surface area contributed by atoms with Crippen molar-refractivity contribution < 1.29 is 13.2 Å². The van der Waals surface area contributed by atoms with Gasteiger partial charge in [0.1, 0.15) is 6.20 Å². The van der Waals surface area contributed by atoms with Gasteiger partial charge in [-0.1, -0.05) is 18.2 Å². The quantitative estimate of drug-likeness (QED) is 0.683. The molecule has 1 N–H and O–H groups in total. The van der Waals surface area contributed by atoms with Crippen LogP contribution >= 0.6 is 12.2 Å². The van der Waals surface area contributed by atoms with Gasteiger partial charge in [0.05, 0.1) is 11.8 Å². The molecule has 1 aromatic carbocycles. The number of hydrogen-bond acceptors (Lipinski definition) is 4. The molecule has 0 saturated heterocycles. The summed E-state index contributed by atoms with van der Waals surface area (Å²) in [5.41, 5.74) is -1.66. The molecule has 0 atom stereocenters. The molecule has 0 aliphatic carbocycles. The Morgan fingerprint density at radius 3 is 2.70 bits per heavy atom. The van der Waals surface area contributed by atoms with Crippen molar-refractivity contribution in [3.05, 3.63) is 56.7 Å². The smallest absolute Gasteiger partial charge is 0.265 e. The fourth-order valence-electron chi connectivity index (χ4n) is 1.44. The molecule has 2 rings (SSSR count). The van der Waals surface area contributed by atoms with Crippen LogP contribution in [-0.4, -0.2) is 21.1 Å². The van der Waals surface area contributed by atoms with Crippen LogP contribution in [0.1, 0.15) is 11.1 Å². The molecule has 0 radical (unpaired) electrons. The lowest BCUT2D eigenvalue weighted by Crippen LogP contribution is -2.18. The molecule has 0 saturated carbocycles. The van der Waals surface area contributed by atoms with Crippen molar-refractivity contribution in [3.63, 3.8) is 0 Å². The minimum atomic E-state index is -4.51. The number of hydrogen-bond donors (Lipinski definition) is 1. The lowest BCUT2D eigenvalue weighted by Gasteiger charge is -2.09. The molecule has 0 bridgehead atoms. The van der Waals surface area contributed by atoms with Crippen molar-refractivity contribution in [1.82, 2.24) is 14.9 Å². The van der Waals surface area contributed by atoms with Gasteiger partial charge in [0.25, 0.3) is 5.56 Å². The van der Waals surface area contributed by atoms with Crippen LogP contribution in [0.15, 0.2) is 40.4 Å². The Hall–Kier alpha value is -2.29. The summed E-state index contributed by atoms with van der Waals surface area (Å²) in [6.45, 7) is 0. The highest BCUT2D eigenvalue weighted by Crippen LogP contribution is 2.31. The van der Waals surface area contributed by atoms with Crippen LogP contribution in [0.3, 0.4) is 0 Å². The molecule has 0 spiro atoms. The van der Waals surface area contributed by atoms with E-state index in [1.807, 2.05) is 0 Å². The van der Waals surface area contributed by atoms with Crippen LogP contribution < -0.4 is 5.56 Å². The molecule has 20 heavy (non-hydrogen) atoms. The van der Waals surface area contributed by atoms with Crippen LogP contribution in [0, 0.1) is 4.77 Å². The molecular weight excluding hydrogens is 293 g/mol. The van der Waals surface area contributed by atoms with E-state index in [1.165, 1.54) is 18.2 Å². The molecule has 2 aromatic rings. The number of halogens is 3. The van der Waals surface area contributed by atoms with Gasteiger partial charge >= 0.3 is 6.18 Å². The zero-order valence-electron chi connectivity index (χ0n) is 9.76. The summed E-state index contributed by atoms with van der Waals surface area (Å²) < 4.78 is 38.9. The minimum Gasteiger partial charge on any atom is -0.265 e. The number of nitrogens with one attached hydrogen (secondary N) is 1. The average Bonchev–Trinajstić information content (AvgIpc) is 2.37. The van der Waals surface area contributed by atoms with Gasteiger partial charge in [-0.05, 0) is 18.3 Å². The molecule has 9 heteroatoms. The van der Waals surface area contributed by atoms with Crippen molar-refractivity contribution in [2.75, 3.05) is 0 Å². The predicted octanol–water partition coefficient (Wildman–Crippen LogP) is 2.20. The number of alkyl halides is 3. The van der Waals surface area contributed by atoms with Gasteiger partial charge in [-0.15, -0.1) is 0 Å². The molecular formula is C11H7F3N4OS. The Morgan fingerprint density at radius 1 is 1.35 bits per heavy atom. The van der Waals surface area contributed by atoms with Crippen LogP contribution in [0.2, 0.25) is 0 Å². The number of benzene rings is 1. The highest BCUT2D eigenvalue weighted by Gasteiger charge is 2.32. The Bertz CT molecular complexity index is 735. The summed E-state index contributed by atoms with van der Waals surface area (Å²) in [5, 5.41) is 9.41. The molecule has 0 aliphatic heterocycles. The summed E-state index contributed by atoms with van der Waals surface area (Å²) >= 11 is 4.77. The average molecular weight is 300 g/mol. The summed E-state index contributed by atoms with van der Waals surface area (Å²) in [5.74, 6) is 0. The maximum Gasteiger partial charge on any atom is 0.417 e. The van der Waals surface area contributed by atoms with Crippen LogP contribution in [0.5, 0.6) is 0 Å². The summed E-state index contributed by atoms with van der Waals surface area (Å²) in [6.07, 6.45) is -2.66. The maximum atomic E-state index is 12.8. The van der Waals surface area contributed by atoms with Crippen LogP contribution in [-0.2, 0) is 6.18 Å². The second-order valence-corrected chi connectivity index (χ2v) is 4.04. The highest BCUT2D eigenvalue weighted by atomic mass is 32.1. The van der Waals surface area contributed by atoms with E-state index in [-0.39, 0.29) is 10.3 Å². The first-order valence-electron chi connectivity index (χ1n) is 5.27. The van der Waals surface area contributed by atoms with E-state index in [4.69, 9.17) is 12.2 Å². The first-order chi connectivity index (χ1) is 9.39. The molecule has 1 aromatic heterocycles. The molecule has 0 fully saturated rings. The summed E-state index contributed by atoms with van der Waals surface area (Å²) in [6, 6.07) is 4.88. The third kappa shape index (κ3) is 2.99. The zero-order valence-corrected chi connectivity index (χ0v) is 10.6. The van der Waals surface area contributed by atoms with Gasteiger partial charge in [-0.2, -0.15) is 28.0 Å². The van der Waals surface area contributed by atoms with Gasteiger partial charge in [0, 0.05) is 5.56 Å². The van der Waals surface area contributed by atoms with Gasteiger partial charge in [0.2, 0.25) is 4.77 Å². The summed E-state index contributed by atoms with van der Waals surface area (Å²) in [4.78, 5) is 11.4. The van der Waals surface area contributed by atoms with E-state index in [1.54, 1.807) is 0 Å². The first-order valence-corrected chi connectivity index (χ1v) is 5.68. The second kappa shape index (κ2) is 5.37. The number of aromatic amines is 1. The fraction of sp³-hybridized carbons (Fsp3) is 0.0909. The Balaban J connectivity index is 2.48. The van der Waals surface area contributed by atoms with E-state index in [0.29, 0.717) is 0 Å². The van der Waals surface area contributed by atoms with Crippen LogP contribution in [0.4, 0.5) is 13.2 Å². The van der Waals surface area contributed by atoms with E-state index in [2.05, 4.69) is 15.3 Å². The lowest BCUT2D eigenvalue weighted by molar-refractivity contribution is -0.137. The van der Waals surface area contributed by atoms with Gasteiger partial charge in [0.15, 0.2) is 0 Å². The van der Waals surface area contributed by atoms with Gasteiger partial charge < -0.3 is 0 Å². The number of H-pyrrole nitrogens is 1. The topological polar surface area (TPSA) is 63.0 Å². The fourth-order valence-corrected chi connectivity index (χ4v) is 1.63. The van der Waals surface area contributed by atoms with E-state index in [9.17, 15) is 18.0 Å². The SMILES string of the molecule is O=c1cn[nH]c(=S)n1/N=C\c1ccccc1C(F)(F)F. The van der Waals surface area contributed by atoms with E-state index < -0.39 is 17.3 Å². The monoisotopic (exact) mass is 300 g/mol. The molecule has 1 heterocycles. The largest absolute Gasteiger partial charge is 0.417 e. The second-order valence-electron chi connectivity index (χ2n) is 3.65. The first kappa shape index (κ1) is 14.1. The zero-order chi connectivity index (χ0) is 14.8. The summed E-state index contributed by atoms with van der Waals surface area (Å²) in [7, 11) is 0. The predicted molar refractivity (Wildman–Crippen MR) is 68.1 cm³/mol. The van der Waals surface area contributed by atoms with Crippen LogP contribution in [0.25, 0.3) is 0 Å². The molecule has 0 amide bonds. The van der Waals surface area contributed by atoms with E-state index in [0.717, 1.165) is 23.2 Å². The lowest BCUT2D eigenvalue weighted by atomic mass is 10.1.